The quantitative estimate of drug-likeness (QED) is 0.858. The van der Waals surface area contributed by atoms with Crippen LogP contribution in [0.5, 0.6) is 0 Å². The van der Waals surface area contributed by atoms with Gasteiger partial charge >= 0.3 is 5.97 Å². The van der Waals surface area contributed by atoms with Crippen LogP contribution in [0.4, 0.5) is 10.2 Å². The summed E-state index contributed by atoms with van der Waals surface area (Å²) >= 11 is 0. The zero-order valence-corrected chi connectivity index (χ0v) is 9.39. The molecular formula is C11H13FN2O3. The fraction of sp³-hybridized carbons (Fsp3) is 0.455. The van der Waals surface area contributed by atoms with Crippen molar-refractivity contribution in [3.8, 4) is 0 Å². The van der Waals surface area contributed by atoms with Crippen LogP contribution in [-0.4, -0.2) is 42.4 Å². The SMILES string of the molecule is CN(c1nccc(C(=O)O)c1F)C1CCOC1. The molecule has 5 nitrogen and oxygen atoms in total. The Hall–Kier alpha value is -1.69. The van der Waals surface area contributed by atoms with E-state index in [9.17, 15) is 9.18 Å². The van der Waals surface area contributed by atoms with Crippen molar-refractivity contribution in [1.82, 2.24) is 4.98 Å². The Bertz CT molecular complexity index is 433. The van der Waals surface area contributed by atoms with Gasteiger partial charge in [-0.15, -0.1) is 0 Å². The van der Waals surface area contributed by atoms with Gasteiger partial charge in [0.05, 0.1) is 12.6 Å². The Morgan fingerprint density at radius 1 is 1.71 bits per heavy atom. The number of nitrogens with zero attached hydrogens (tertiary/aromatic N) is 2. The van der Waals surface area contributed by atoms with E-state index in [0.29, 0.717) is 13.2 Å². The molecule has 0 bridgehead atoms. The highest BCUT2D eigenvalue weighted by molar-refractivity contribution is 5.88. The molecule has 0 amide bonds. The number of hydrogen-bond acceptors (Lipinski definition) is 4. The second kappa shape index (κ2) is 4.67. The van der Waals surface area contributed by atoms with E-state index < -0.39 is 11.8 Å². The van der Waals surface area contributed by atoms with Crippen LogP contribution in [0.2, 0.25) is 0 Å². The van der Waals surface area contributed by atoms with Crippen molar-refractivity contribution < 1.29 is 19.0 Å². The molecule has 1 atom stereocenters. The second-order valence-corrected chi connectivity index (χ2v) is 3.93. The molecule has 1 saturated heterocycles. The fourth-order valence-corrected chi connectivity index (χ4v) is 1.84. The standard InChI is InChI=1S/C11H13FN2O3/c1-14(7-3-5-17-6-7)10-9(12)8(11(15)16)2-4-13-10/h2,4,7H,3,5-6H2,1H3,(H,15,16). The summed E-state index contributed by atoms with van der Waals surface area (Å²) in [6, 6.07) is 1.20. The number of halogens is 1. The van der Waals surface area contributed by atoms with Crippen LogP contribution >= 0.6 is 0 Å². The Labute approximate surface area is 97.8 Å². The lowest BCUT2D eigenvalue weighted by Gasteiger charge is -2.24. The molecule has 92 valence electrons. The van der Waals surface area contributed by atoms with Gasteiger partial charge in [0, 0.05) is 19.9 Å². The summed E-state index contributed by atoms with van der Waals surface area (Å²) in [5.74, 6) is -2.03. The van der Waals surface area contributed by atoms with Crippen LogP contribution in [0, 0.1) is 5.82 Å². The zero-order valence-electron chi connectivity index (χ0n) is 9.39. The van der Waals surface area contributed by atoms with Crippen molar-refractivity contribution in [2.45, 2.75) is 12.5 Å². The van der Waals surface area contributed by atoms with Crippen LogP contribution in [0.3, 0.4) is 0 Å². The highest BCUT2D eigenvalue weighted by atomic mass is 19.1. The number of aromatic nitrogens is 1. The highest BCUT2D eigenvalue weighted by Crippen LogP contribution is 2.23. The molecule has 0 aromatic carbocycles. The Kier molecular flexibility index (Phi) is 3.23. The summed E-state index contributed by atoms with van der Waals surface area (Å²) in [7, 11) is 1.69. The van der Waals surface area contributed by atoms with Crippen LogP contribution in [0.15, 0.2) is 12.3 Å². The van der Waals surface area contributed by atoms with Gasteiger partial charge in [-0.25, -0.2) is 14.2 Å². The normalized spacial score (nSPS) is 19.3. The number of carbonyl (C=O) groups is 1. The number of carboxylic acids is 1. The van der Waals surface area contributed by atoms with Gasteiger partial charge in [0.1, 0.15) is 5.56 Å². The first-order valence-corrected chi connectivity index (χ1v) is 5.29. The maximum Gasteiger partial charge on any atom is 0.338 e. The molecule has 1 aliphatic rings. The van der Waals surface area contributed by atoms with E-state index in [2.05, 4.69) is 4.98 Å². The smallest absolute Gasteiger partial charge is 0.338 e. The summed E-state index contributed by atoms with van der Waals surface area (Å²) in [5, 5.41) is 8.83. The first-order chi connectivity index (χ1) is 8.11. The van der Waals surface area contributed by atoms with E-state index in [1.165, 1.54) is 6.20 Å². The number of aromatic carboxylic acids is 1. The third kappa shape index (κ3) is 2.21. The predicted molar refractivity (Wildman–Crippen MR) is 58.8 cm³/mol. The number of pyridine rings is 1. The topological polar surface area (TPSA) is 62.7 Å². The van der Waals surface area contributed by atoms with Crippen LogP contribution in [0.25, 0.3) is 0 Å². The van der Waals surface area contributed by atoms with E-state index in [-0.39, 0.29) is 17.4 Å². The van der Waals surface area contributed by atoms with Gasteiger partial charge in [0.2, 0.25) is 0 Å². The number of likely N-dealkylation sites (N-methyl/N-ethyl adjacent to an activating group) is 1. The van der Waals surface area contributed by atoms with Gasteiger partial charge in [-0.05, 0) is 12.5 Å². The fourth-order valence-electron chi connectivity index (χ4n) is 1.84. The molecule has 2 heterocycles. The van der Waals surface area contributed by atoms with Gasteiger partial charge in [0.15, 0.2) is 11.6 Å². The van der Waals surface area contributed by atoms with Crippen molar-refractivity contribution in [2.75, 3.05) is 25.2 Å². The van der Waals surface area contributed by atoms with Gasteiger partial charge in [0.25, 0.3) is 0 Å². The van der Waals surface area contributed by atoms with Crippen molar-refractivity contribution in [2.24, 2.45) is 0 Å². The van der Waals surface area contributed by atoms with Crippen molar-refractivity contribution in [1.29, 1.82) is 0 Å². The molecular weight excluding hydrogens is 227 g/mol. The molecule has 1 N–H and O–H groups in total. The average Bonchev–Trinajstić information content (AvgIpc) is 2.81. The Balaban J connectivity index is 2.31. The first-order valence-electron chi connectivity index (χ1n) is 5.29. The summed E-state index contributed by atoms with van der Waals surface area (Å²) < 4.78 is 19.1. The number of hydrogen-bond donors (Lipinski definition) is 1. The second-order valence-electron chi connectivity index (χ2n) is 3.93. The summed E-state index contributed by atoms with van der Waals surface area (Å²) in [6.07, 6.45) is 2.09. The predicted octanol–water partition coefficient (Wildman–Crippen LogP) is 1.14. The lowest BCUT2D eigenvalue weighted by Crippen LogP contribution is -2.33. The minimum absolute atomic E-state index is 0.0426. The number of carboxylic acid groups (broad SMARTS) is 1. The van der Waals surface area contributed by atoms with E-state index in [1.807, 2.05) is 0 Å². The van der Waals surface area contributed by atoms with Gasteiger partial charge in [-0.3, -0.25) is 0 Å². The largest absolute Gasteiger partial charge is 0.478 e. The summed E-state index contributed by atoms with van der Waals surface area (Å²) in [5.41, 5.74) is -0.360. The maximum atomic E-state index is 13.9. The number of rotatable bonds is 3. The molecule has 1 fully saturated rings. The van der Waals surface area contributed by atoms with Gasteiger partial charge < -0.3 is 14.7 Å². The lowest BCUT2D eigenvalue weighted by atomic mass is 10.2. The van der Waals surface area contributed by atoms with Gasteiger partial charge in [-0.2, -0.15) is 0 Å². The molecule has 1 aliphatic heterocycles. The van der Waals surface area contributed by atoms with Crippen molar-refractivity contribution in [3.63, 3.8) is 0 Å². The van der Waals surface area contributed by atoms with Crippen LogP contribution in [-0.2, 0) is 4.74 Å². The molecule has 1 unspecified atom stereocenters. The molecule has 0 saturated carbocycles. The minimum Gasteiger partial charge on any atom is -0.478 e. The molecule has 0 spiro atoms. The van der Waals surface area contributed by atoms with E-state index >= 15 is 0 Å². The van der Waals surface area contributed by atoms with E-state index in [1.54, 1.807) is 11.9 Å². The molecule has 1 aromatic heterocycles. The van der Waals surface area contributed by atoms with Crippen LogP contribution < -0.4 is 4.90 Å². The van der Waals surface area contributed by atoms with Crippen LogP contribution in [0.1, 0.15) is 16.8 Å². The monoisotopic (exact) mass is 240 g/mol. The highest BCUT2D eigenvalue weighted by Gasteiger charge is 2.25. The Morgan fingerprint density at radius 3 is 3.06 bits per heavy atom. The zero-order chi connectivity index (χ0) is 12.4. The molecule has 0 aliphatic carbocycles. The first kappa shape index (κ1) is 11.8. The van der Waals surface area contributed by atoms with Crippen molar-refractivity contribution >= 4 is 11.8 Å². The van der Waals surface area contributed by atoms with Gasteiger partial charge in [-0.1, -0.05) is 0 Å². The third-order valence-electron chi connectivity index (χ3n) is 2.89. The summed E-state index contributed by atoms with van der Waals surface area (Å²) in [4.78, 5) is 16.3. The molecule has 1 aromatic rings. The maximum absolute atomic E-state index is 13.9. The molecule has 17 heavy (non-hydrogen) atoms. The Morgan fingerprint density at radius 2 is 2.47 bits per heavy atom. The third-order valence-corrected chi connectivity index (χ3v) is 2.89. The number of anilines is 1. The lowest BCUT2D eigenvalue weighted by molar-refractivity contribution is 0.0691. The molecule has 2 rings (SSSR count). The molecule has 6 heteroatoms. The minimum atomic E-state index is -1.29. The van der Waals surface area contributed by atoms with E-state index in [4.69, 9.17) is 9.84 Å². The summed E-state index contributed by atoms with van der Waals surface area (Å²) in [6.45, 7) is 1.14. The molecule has 0 radical (unpaired) electrons. The number of ether oxygens (including phenoxy) is 1. The average molecular weight is 240 g/mol. The van der Waals surface area contributed by atoms with Crippen molar-refractivity contribution in [3.05, 3.63) is 23.6 Å². The van der Waals surface area contributed by atoms with E-state index in [0.717, 1.165) is 12.5 Å².